The number of hydrogen-bond acceptors (Lipinski definition) is 5. The summed E-state index contributed by atoms with van der Waals surface area (Å²) in [6.07, 6.45) is 0.385. The number of nitrogens with zero attached hydrogens (tertiary/aromatic N) is 2. The summed E-state index contributed by atoms with van der Waals surface area (Å²) in [5.41, 5.74) is 3.72. The van der Waals surface area contributed by atoms with Gasteiger partial charge in [0.2, 0.25) is 5.91 Å². The van der Waals surface area contributed by atoms with Crippen LogP contribution >= 0.6 is 0 Å². The fourth-order valence-electron chi connectivity index (χ4n) is 3.45. The van der Waals surface area contributed by atoms with E-state index < -0.39 is 17.9 Å². The van der Waals surface area contributed by atoms with Crippen LogP contribution in [0, 0.1) is 6.92 Å². The second kappa shape index (κ2) is 9.61. The molecule has 0 aromatic heterocycles. The number of benzene rings is 2. The van der Waals surface area contributed by atoms with Crippen LogP contribution in [0.1, 0.15) is 30.1 Å². The van der Waals surface area contributed by atoms with Crippen LogP contribution in [-0.4, -0.2) is 50.0 Å². The van der Waals surface area contributed by atoms with E-state index in [4.69, 9.17) is 0 Å². The summed E-state index contributed by atoms with van der Waals surface area (Å²) in [7, 11) is 3.84. The molecule has 2 aromatic carbocycles. The molecule has 164 valence electrons. The average Bonchev–Trinajstić information content (AvgIpc) is 3.18. The highest BCUT2D eigenvalue weighted by Crippen LogP contribution is 2.28. The number of carbonyl (C=O) groups excluding carboxylic acids is 3. The standard InChI is InChI=1S/C23H28N4O4/c1-15-6-9-17(13-19(15)27-12-4-5-21(27)29)25-23(31)22(30)24-14-20(28)16-7-10-18(11-8-16)26(2)3/h6-11,13,20,28H,4-5,12,14H2,1-3H3,(H,24,30)(H,25,31). The van der Waals surface area contributed by atoms with Gasteiger partial charge in [-0.25, -0.2) is 0 Å². The Morgan fingerprint density at radius 2 is 1.84 bits per heavy atom. The Hall–Kier alpha value is -3.39. The molecule has 1 fully saturated rings. The van der Waals surface area contributed by atoms with E-state index in [1.54, 1.807) is 35.2 Å². The van der Waals surface area contributed by atoms with Crippen LogP contribution in [-0.2, 0) is 14.4 Å². The van der Waals surface area contributed by atoms with Crippen LogP contribution in [0.2, 0.25) is 0 Å². The largest absolute Gasteiger partial charge is 0.387 e. The molecule has 0 saturated carbocycles. The van der Waals surface area contributed by atoms with E-state index >= 15 is 0 Å². The number of aliphatic hydroxyl groups excluding tert-OH is 1. The van der Waals surface area contributed by atoms with Gasteiger partial charge in [0.05, 0.1) is 6.10 Å². The summed E-state index contributed by atoms with van der Waals surface area (Å²) in [4.78, 5) is 40.1. The van der Waals surface area contributed by atoms with Crippen molar-refractivity contribution in [1.82, 2.24) is 5.32 Å². The number of aryl methyl sites for hydroxylation is 1. The van der Waals surface area contributed by atoms with Crippen molar-refractivity contribution in [2.24, 2.45) is 0 Å². The Morgan fingerprint density at radius 1 is 1.13 bits per heavy atom. The highest BCUT2D eigenvalue weighted by atomic mass is 16.3. The molecular formula is C23H28N4O4. The van der Waals surface area contributed by atoms with E-state index in [1.807, 2.05) is 38.1 Å². The SMILES string of the molecule is Cc1ccc(NC(=O)C(=O)NCC(O)c2ccc(N(C)C)cc2)cc1N1CCCC1=O. The van der Waals surface area contributed by atoms with Gasteiger partial charge in [0.1, 0.15) is 0 Å². The van der Waals surface area contributed by atoms with Crippen LogP contribution < -0.4 is 20.4 Å². The first-order chi connectivity index (χ1) is 14.8. The monoisotopic (exact) mass is 424 g/mol. The Balaban J connectivity index is 1.57. The third kappa shape index (κ3) is 5.40. The maximum atomic E-state index is 12.3. The molecule has 1 unspecified atom stereocenters. The van der Waals surface area contributed by atoms with Gasteiger partial charge < -0.3 is 25.5 Å². The van der Waals surface area contributed by atoms with Crippen molar-refractivity contribution in [2.45, 2.75) is 25.9 Å². The van der Waals surface area contributed by atoms with Gasteiger partial charge in [-0.05, 0) is 48.7 Å². The molecule has 1 heterocycles. The third-order valence-corrected chi connectivity index (χ3v) is 5.29. The van der Waals surface area contributed by atoms with E-state index in [-0.39, 0.29) is 12.5 Å². The predicted octanol–water partition coefficient (Wildman–Crippen LogP) is 1.98. The van der Waals surface area contributed by atoms with Gasteiger partial charge in [-0.1, -0.05) is 18.2 Å². The van der Waals surface area contributed by atoms with Gasteiger partial charge in [-0.3, -0.25) is 14.4 Å². The number of rotatable bonds is 6. The molecule has 0 bridgehead atoms. The number of amides is 3. The number of aliphatic hydroxyl groups is 1. The first-order valence-corrected chi connectivity index (χ1v) is 10.2. The lowest BCUT2D eigenvalue weighted by atomic mass is 10.1. The minimum absolute atomic E-state index is 0.0527. The van der Waals surface area contributed by atoms with Crippen LogP contribution in [0.25, 0.3) is 0 Å². The molecule has 0 radical (unpaired) electrons. The number of nitrogens with one attached hydrogen (secondary N) is 2. The van der Waals surface area contributed by atoms with Crippen molar-refractivity contribution < 1.29 is 19.5 Å². The molecule has 1 atom stereocenters. The lowest BCUT2D eigenvalue weighted by Gasteiger charge is -2.19. The van der Waals surface area contributed by atoms with E-state index in [1.165, 1.54) is 0 Å². The second-order valence-electron chi connectivity index (χ2n) is 7.82. The quantitative estimate of drug-likeness (QED) is 0.616. The highest BCUT2D eigenvalue weighted by molar-refractivity contribution is 6.39. The van der Waals surface area contributed by atoms with Gasteiger partial charge in [0.15, 0.2) is 0 Å². The normalized spacial score (nSPS) is 14.3. The molecule has 2 aromatic rings. The number of hydrogen-bond donors (Lipinski definition) is 3. The molecule has 0 aliphatic carbocycles. The predicted molar refractivity (Wildman–Crippen MR) is 120 cm³/mol. The summed E-state index contributed by atoms with van der Waals surface area (Å²) in [6.45, 7) is 2.45. The van der Waals surface area contributed by atoms with Gasteiger partial charge in [0.25, 0.3) is 0 Å². The molecule has 3 rings (SSSR count). The van der Waals surface area contributed by atoms with Crippen LogP contribution in [0.5, 0.6) is 0 Å². The van der Waals surface area contributed by atoms with E-state index in [0.717, 1.165) is 23.4 Å². The number of carbonyl (C=O) groups is 3. The zero-order valence-corrected chi connectivity index (χ0v) is 18.0. The first kappa shape index (κ1) is 22.3. The van der Waals surface area contributed by atoms with Crippen molar-refractivity contribution in [2.75, 3.05) is 42.3 Å². The van der Waals surface area contributed by atoms with Crippen molar-refractivity contribution in [3.8, 4) is 0 Å². The third-order valence-electron chi connectivity index (χ3n) is 5.29. The fourth-order valence-corrected chi connectivity index (χ4v) is 3.45. The van der Waals surface area contributed by atoms with Gasteiger partial charge in [-0.15, -0.1) is 0 Å². The summed E-state index contributed by atoms with van der Waals surface area (Å²) >= 11 is 0. The highest BCUT2D eigenvalue weighted by Gasteiger charge is 2.24. The molecule has 8 nitrogen and oxygen atoms in total. The van der Waals surface area contributed by atoms with Crippen LogP contribution in [0.3, 0.4) is 0 Å². The van der Waals surface area contributed by atoms with E-state index in [0.29, 0.717) is 24.2 Å². The van der Waals surface area contributed by atoms with Gasteiger partial charge >= 0.3 is 11.8 Å². The molecule has 1 aliphatic heterocycles. The molecule has 1 saturated heterocycles. The molecular weight excluding hydrogens is 396 g/mol. The van der Waals surface area contributed by atoms with Gasteiger partial charge in [0, 0.05) is 50.7 Å². The fraction of sp³-hybridized carbons (Fsp3) is 0.348. The lowest BCUT2D eigenvalue weighted by molar-refractivity contribution is -0.136. The lowest BCUT2D eigenvalue weighted by Crippen LogP contribution is -2.37. The molecule has 1 aliphatic rings. The molecule has 3 amide bonds. The van der Waals surface area contributed by atoms with Crippen molar-refractivity contribution >= 4 is 34.8 Å². The Bertz CT molecular complexity index is 972. The van der Waals surface area contributed by atoms with Crippen molar-refractivity contribution in [3.05, 3.63) is 53.6 Å². The van der Waals surface area contributed by atoms with Gasteiger partial charge in [-0.2, -0.15) is 0 Å². The minimum atomic E-state index is -0.930. The molecule has 8 heteroatoms. The minimum Gasteiger partial charge on any atom is -0.387 e. The molecule has 0 spiro atoms. The van der Waals surface area contributed by atoms with E-state index in [2.05, 4.69) is 10.6 Å². The maximum Gasteiger partial charge on any atom is 0.313 e. The summed E-state index contributed by atoms with van der Waals surface area (Å²) in [5.74, 6) is -1.63. The first-order valence-electron chi connectivity index (χ1n) is 10.2. The van der Waals surface area contributed by atoms with Crippen molar-refractivity contribution in [3.63, 3.8) is 0 Å². The van der Waals surface area contributed by atoms with Crippen LogP contribution in [0.4, 0.5) is 17.1 Å². The summed E-state index contributed by atoms with van der Waals surface area (Å²) in [6, 6.07) is 12.5. The van der Waals surface area contributed by atoms with Crippen molar-refractivity contribution in [1.29, 1.82) is 0 Å². The Labute approximate surface area is 181 Å². The zero-order valence-electron chi connectivity index (χ0n) is 18.0. The summed E-state index contributed by atoms with van der Waals surface area (Å²) in [5, 5.41) is 15.3. The Kier molecular flexibility index (Phi) is 6.91. The van der Waals surface area contributed by atoms with Crippen LogP contribution in [0.15, 0.2) is 42.5 Å². The maximum absolute atomic E-state index is 12.3. The number of anilines is 3. The molecule has 31 heavy (non-hydrogen) atoms. The smallest absolute Gasteiger partial charge is 0.313 e. The molecule has 3 N–H and O–H groups in total. The topological polar surface area (TPSA) is 102 Å². The Morgan fingerprint density at radius 3 is 2.45 bits per heavy atom. The average molecular weight is 425 g/mol. The van der Waals surface area contributed by atoms with E-state index in [9.17, 15) is 19.5 Å². The zero-order chi connectivity index (χ0) is 22.5. The summed E-state index contributed by atoms with van der Waals surface area (Å²) < 4.78 is 0. The second-order valence-corrected chi connectivity index (χ2v) is 7.82.